The van der Waals surface area contributed by atoms with Crippen molar-refractivity contribution in [3.05, 3.63) is 35.1 Å². The van der Waals surface area contributed by atoms with Gasteiger partial charge in [-0.3, -0.25) is 0 Å². The molecule has 1 atom stereocenters. The van der Waals surface area contributed by atoms with E-state index in [1.165, 1.54) is 6.07 Å². The predicted molar refractivity (Wildman–Crippen MR) is 50.3 cm³/mol. The molecular formula is C11H13FO2. The van der Waals surface area contributed by atoms with E-state index in [0.717, 1.165) is 0 Å². The number of benzene rings is 1. The van der Waals surface area contributed by atoms with Crippen LogP contribution in [0, 0.1) is 5.82 Å². The standard InChI is InChI=1S/C11H13FO2/c12-10-5-1-4-9-8(10)3-2-6-11(9,14)7-13/h1,4-5,13-14H,2-3,6-7H2. The van der Waals surface area contributed by atoms with E-state index in [1.807, 2.05) is 0 Å². The molecule has 0 saturated carbocycles. The number of aliphatic hydroxyl groups excluding tert-OH is 1. The van der Waals surface area contributed by atoms with Gasteiger partial charge in [0.1, 0.15) is 11.4 Å². The minimum absolute atomic E-state index is 0.283. The predicted octanol–water partition coefficient (Wildman–Crippen LogP) is 1.34. The summed E-state index contributed by atoms with van der Waals surface area (Å²) in [5, 5.41) is 19.2. The first-order chi connectivity index (χ1) is 6.67. The van der Waals surface area contributed by atoms with E-state index in [9.17, 15) is 9.50 Å². The van der Waals surface area contributed by atoms with Gasteiger partial charge in [0.25, 0.3) is 0 Å². The summed E-state index contributed by atoms with van der Waals surface area (Å²) in [6, 6.07) is 4.65. The second kappa shape index (κ2) is 3.33. The van der Waals surface area contributed by atoms with Crippen molar-refractivity contribution in [1.29, 1.82) is 0 Å². The van der Waals surface area contributed by atoms with Crippen molar-refractivity contribution >= 4 is 0 Å². The first-order valence-electron chi connectivity index (χ1n) is 4.78. The van der Waals surface area contributed by atoms with Crippen molar-refractivity contribution in [2.45, 2.75) is 24.9 Å². The fraction of sp³-hybridized carbons (Fsp3) is 0.455. The molecule has 0 radical (unpaired) electrons. The Labute approximate surface area is 82.0 Å². The number of hydrogen-bond donors (Lipinski definition) is 2. The van der Waals surface area contributed by atoms with E-state index < -0.39 is 5.60 Å². The zero-order valence-corrected chi connectivity index (χ0v) is 7.83. The van der Waals surface area contributed by atoms with Gasteiger partial charge in [-0.2, -0.15) is 0 Å². The summed E-state index contributed by atoms with van der Waals surface area (Å²) in [5.74, 6) is -0.283. The summed E-state index contributed by atoms with van der Waals surface area (Å²) in [6.45, 7) is -0.344. The average molecular weight is 196 g/mol. The molecule has 0 heterocycles. The van der Waals surface area contributed by atoms with Crippen LogP contribution < -0.4 is 0 Å². The molecule has 0 spiro atoms. The molecule has 0 saturated heterocycles. The SMILES string of the molecule is OCC1(O)CCCc2c(F)cccc21. The lowest BCUT2D eigenvalue weighted by molar-refractivity contribution is -0.0331. The van der Waals surface area contributed by atoms with Crippen LogP contribution in [0.4, 0.5) is 4.39 Å². The van der Waals surface area contributed by atoms with Crippen LogP contribution >= 0.6 is 0 Å². The van der Waals surface area contributed by atoms with Gasteiger partial charge in [0.05, 0.1) is 6.61 Å². The molecular weight excluding hydrogens is 183 g/mol. The van der Waals surface area contributed by atoms with Gasteiger partial charge < -0.3 is 10.2 Å². The Morgan fingerprint density at radius 3 is 2.93 bits per heavy atom. The van der Waals surface area contributed by atoms with Crippen LogP contribution in [0.2, 0.25) is 0 Å². The normalized spacial score (nSPS) is 25.9. The van der Waals surface area contributed by atoms with Gasteiger partial charge in [0, 0.05) is 0 Å². The number of fused-ring (bicyclic) bond motifs is 1. The number of hydrogen-bond acceptors (Lipinski definition) is 2. The minimum Gasteiger partial charge on any atom is -0.393 e. The highest BCUT2D eigenvalue weighted by atomic mass is 19.1. The van der Waals surface area contributed by atoms with E-state index >= 15 is 0 Å². The summed E-state index contributed by atoms with van der Waals surface area (Å²) in [4.78, 5) is 0. The molecule has 1 unspecified atom stereocenters. The highest BCUT2D eigenvalue weighted by Crippen LogP contribution is 2.35. The summed E-state index contributed by atoms with van der Waals surface area (Å²) >= 11 is 0. The maximum atomic E-state index is 13.4. The van der Waals surface area contributed by atoms with Crippen molar-refractivity contribution in [3.63, 3.8) is 0 Å². The third-order valence-electron chi connectivity index (χ3n) is 2.90. The third-order valence-corrected chi connectivity index (χ3v) is 2.90. The molecule has 1 aromatic carbocycles. The van der Waals surface area contributed by atoms with Crippen LogP contribution in [0.25, 0.3) is 0 Å². The van der Waals surface area contributed by atoms with E-state index in [4.69, 9.17) is 5.11 Å². The fourth-order valence-electron chi connectivity index (χ4n) is 2.11. The molecule has 3 heteroatoms. The van der Waals surface area contributed by atoms with Gasteiger partial charge in [0.15, 0.2) is 0 Å². The van der Waals surface area contributed by atoms with Gasteiger partial charge in [0.2, 0.25) is 0 Å². The van der Waals surface area contributed by atoms with Crippen molar-refractivity contribution in [2.75, 3.05) is 6.61 Å². The zero-order valence-electron chi connectivity index (χ0n) is 7.83. The van der Waals surface area contributed by atoms with E-state index in [2.05, 4.69) is 0 Å². The van der Waals surface area contributed by atoms with Crippen LogP contribution in [-0.4, -0.2) is 16.8 Å². The van der Waals surface area contributed by atoms with E-state index in [0.29, 0.717) is 30.4 Å². The topological polar surface area (TPSA) is 40.5 Å². The molecule has 14 heavy (non-hydrogen) atoms. The van der Waals surface area contributed by atoms with Gasteiger partial charge in [-0.15, -0.1) is 0 Å². The molecule has 1 aromatic rings. The second-order valence-electron chi connectivity index (χ2n) is 3.81. The van der Waals surface area contributed by atoms with Crippen LogP contribution in [0.5, 0.6) is 0 Å². The first-order valence-corrected chi connectivity index (χ1v) is 4.78. The monoisotopic (exact) mass is 196 g/mol. The molecule has 0 bridgehead atoms. The molecule has 1 aliphatic rings. The summed E-state index contributed by atoms with van der Waals surface area (Å²) in [6.07, 6.45) is 1.86. The maximum Gasteiger partial charge on any atom is 0.126 e. The molecule has 0 amide bonds. The molecule has 1 aliphatic carbocycles. The lowest BCUT2D eigenvalue weighted by Crippen LogP contribution is -2.34. The average Bonchev–Trinajstić information content (AvgIpc) is 2.20. The third kappa shape index (κ3) is 1.33. The first kappa shape index (κ1) is 9.62. The Balaban J connectivity index is 2.55. The van der Waals surface area contributed by atoms with Crippen molar-refractivity contribution in [2.24, 2.45) is 0 Å². The fourth-order valence-corrected chi connectivity index (χ4v) is 2.11. The molecule has 2 rings (SSSR count). The number of halogens is 1. The maximum absolute atomic E-state index is 13.4. The molecule has 2 nitrogen and oxygen atoms in total. The molecule has 76 valence electrons. The Morgan fingerprint density at radius 1 is 1.43 bits per heavy atom. The van der Waals surface area contributed by atoms with Gasteiger partial charge in [-0.05, 0) is 36.5 Å². The van der Waals surface area contributed by atoms with Crippen LogP contribution in [0.3, 0.4) is 0 Å². The van der Waals surface area contributed by atoms with Crippen LogP contribution in [0.15, 0.2) is 18.2 Å². The van der Waals surface area contributed by atoms with Crippen molar-refractivity contribution in [3.8, 4) is 0 Å². The Morgan fingerprint density at radius 2 is 2.21 bits per heavy atom. The van der Waals surface area contributed by atoms with Crippen molar-refractivity contribution < 1.29 is 14.6 Å². The Hall–Kier alpha value is -0.930. The van der Waals surface area contributed by atoms with Crippen LogP contribution in [0.1, 0.15) is 24.0 Å². The summed E-state index contributed by atoms with van der Waals surface area (Å²) in [7, 11) is 0. The molecule has 0 aliphatic heterocycles. The lowest BCUT2D eigenvalue weighted by Gasteiger charge is -2.32. The zero-order chi connectivity index (χ0) is 10.2. The summed E-state index contributed by atoms with van der Waals surface area (Å²) in [5.41, 5.74) is -0.142. The van der Waals surface area contributed by atoms with Crippen molar-refractivity contribution in [1.82, 2.24) is 0 Å². The molecule has 0 aromatic heterocycles. The highest BCUT2D eigenvalue weighted by Gasteiger charge is 2.34. The quantitative estimate of drug-likeness (QED) is 0.711. The van der Waals surface area contributed by atoms with Gasteiger partial charge >= 0.3 is 0 Å². The largest absolute Gasteiger partial charge is 0.393 e. The minimum atomic E-state index is -1.24. The molecule has 2 N–H and O–H groups in total. The summed E-state index contributed by atoms with van der Waals surface area (Å²) < 4.78 is 13.4. The second-order valence-corrected chi connectivity index (χ2v) is 3.81. The van der Waals surface area contributed by atoms with Gasteiger partial charge in [-0.25, -0.2) is 4.39 Å². The smallest absolute Gasteiger partial charge is 0.126 e. The van der Waals surface area contributed by atoms with E-state index in [1.54, 1.807) is 12.1 Å². The number of aliphatic hydroxyl groups is 2. The van der Waals surface area contributed by atoms with Gasteiger partial charge in [-0.1, -0.05) is 12.1 Å². The number of rotatable bonds is 1. The van der Waals surface area contributed by atoms with Crippen LogP contribution in [-0.2, 0) is 12.0 Å². The Kier molecular flexibility index (Phi) is 2.29. The lowest BCUT2D eigenvalue weighted by atomic mass is 9.79. The Bertz CT molecular complexity index is 351. The highest BCUT2D eigenvalue weighted by molar-refractivity contribution is 5.35. The van der Waals surface area contributed by atoms with E-state index in [-0.39, 0.29) is 12.4 Å². The molecule has 0 fully saturated rings.